The number of rotatable bonds is 3. The summed E-state index contributed by atoms with van der Waals surface area (Å²) in [5.74, 6) is -0.102. The molecule has 3 aromatic carbocycles. The van der Waals surface area contributed by atoms with E-state index in [2.05, 4.69) is 22.3 Å². The van der Waals surface area contributed by atoms with Gasteiger partial charge in [0.25, 0.3) is 5.91 Å². The lowest BCUT2D eigenvalue weighted by molar-refractivity contribution is 0.0958. The fourth-order valence-electron chi connectivity index (χ4n) is 4.63. The van der Waals surface area contributed by atoms with Gasteiger partial charge in [-0.1, -0.05) is 72.3 Å². The molecule has 5 heteroatoms. The van der Waals surface area contributed by atoms with Crippen molar-refractivity contribution in [3.63, 3.8) is 0 Å². The van der Waals surface area contributed by atoms with E-state index in [1.54, 1.807) is 10.9 Å². The van der Waals surface area contributed by atoms with Gasteiger partial charge in [-0.3, -0.25) is 4.79 Å². The highest BCUT2D eigenvalue weighted by Crippen LogP contribution is 2.39. The lowest BCUT2D eigenvalue weighted by atomic mass is 9.90. The highest BCUT2D eigenvalue weighted by Gasteiger charge is 2.31. The van der Waals surface area contributed by atoms with E-state index in [1.165, 1.54) is 0 Å². The van der Waals surface area contributed by atoms with Crippen LogP contribution in [0, 0.1) is 0 Å². The fourth-order valence-corrected chi connectivity index (χ4v) is 4.63. The number of hydrogen-bond donors (Lipinski definition) is 0. The third-order valence-corrected chi connectivity index (χ3v) is 6.16. The van der Waals surface area contributed by atoms with Gasteiger partial charge >= 0.3 is 0 Å². The Morgan fingerprint density at radius 1 is 0.818 bits per heavy atom. The SMILES string of the molecule is CC1=C(c2ccc3nnccc3c2)C(=O)n2nc(-c3ccccc3)c(-c3ccccc3)c2C1. The van der Waals surface area contributed by atoms with Gasteiger partial charge in [0, 0.05) is 28.5 Å². The maximum Gasteiger partial charge on any atom is 0.279 e. The van der Waals surface area contributed by atoms with Crippen molar-refractivity contribution in [2.24, 2.45) is 0 Å². The average molecular weight is 428 g/mol. The van der Waals surface area contributed by atoms with Crippen molar-refractivity contribution in [2.45, 2.75) is 13.3 Å². The Bertz CT molecular complexity index is 1550. The Kier molecular flexibility index (Phi) is 4.47. The molecule has 0 spiro atoms. The molecule has 5 aromatic rings. The minimum absolute atomic E-state index is 0.102. The van der Waals surface area contributed by atoms with Crippen molar-refractivity contribution >= 4 is 22.4 Å². The van der Waals surface area contributed by atoms with Crippen LogP contribution in [0.4, 0.5) is 0 Å². The van der Waals surface area contributed by atoms with Crippen LogP contribution in [0.2, 0.25) is 0 Å². The molecule has 3 heterocycles. The number of allylic oxidation sites excluding steroid dienone is 2. The highest BCUT2D eigenvalue weighted by atomic mass is 16.2. The van der Waals surface area contributed by atoms with Crippen molar-refractivity contribution in [3.8, 4) is 22.4 Å². The minimum Gasteiger partial charge on any atom is -0.267 e. The largest absolute Gasteiger partial charge is 0.279 e. The van der Waals surface area contributed by atoms with Crippen molar-refractivity contribution in [3.05, 3.63) is 108 Å². The van der Waals surface area contributed by atoms with Crippen LogP contribution >= 0.6 is 0 Å². The molecule has 0 fully saturated rings. The van der Waals surface area contributed by atoms with Gasteiger partial charge in [0.15, 0.2) is 0 Å². The smallest absolute Gasteiger partial charge is 0.267 e. The summed E-state index contributed by atoms with van der Waals surface area (Å²) >= 11 is 0. The molecule has 0 bridgehead atoms. The minimum atomic E-state index is -0.102. The van der Waals surface area contributed by atoms with E-state index >= 15 is 0 Å². The van der Waals surface area contributed by atoms with E-state index in [4.69, 9.17) is 5.10 Å². The predicted molar refractivity (Wildman–Crippen MR) is 130 cm³/mol. The molecule has 5 nitrogen and oxygen atoms in total. The van der Waals surface area contributed by atoms with Crippen molar-refractivity contribution < 1.29 is 4.79 Å². The van der Waals surface area contributed by atoms with Gasteiger partial charge in [-0.25, -0.2) is 0 Å². The zero-order valence-corrected chi connectivity index (χ0v) is 18.1. The second-order valence-corrected chi connectivity index (χ2v) is 8.26. The molecule has 0 saturated carbocycles. The van der Waals surface area contributed by atoms with Gasteiger partial charge in [-0.2, -0.15) is 20.0 Å². The second-order valence-electron chi connectivity index (χ2n) is 8.26. The first-order chi connectivity index (χ1) is 16.2. The third-order valence-electron chi connectivity index (χ3n) is 6.16. The molecule has 0 saturated heterocycles. The standard InChI is InChI=1S/C28H20N4O/c1-18-16-24-26(19-8-4-2-5-9-19)27(20-10-6-3-7-11-20)31-32(24)28(33)25(18)22-12-13-23-21(17-22)14-15-29-30-23/h2-15,17H,16H2,1H3. The van der Waals surface area contributed by atoms with Gasteiger partial charge < -0.3 is 0 Å². The van der Waals surface area contributed by atoms with Gasteiger partial charge in [0.05, 0.1) is 17.4 Å². The van der Waals surface area contributed by atoms with Crippen LogP contribution in [0.1, 0.15) is 23.0 Å². The maximum absolute atomic E-state index is 13.8. The summed E-state index contributed by atoms with van der Waals surface area (Å²) in [4.78, 5) is 13.8. The molecule has 0 unspecified atom stereocenters. The topological polar surface area (TPSA) is 60.7 Å². The van der Waals surface area contributed by atoms with E-state index in [0.29, 0.717) is 12.0 Å². The summed E-state index contributed by atoms with van der Waals surface area (Å²) in [5, 5.41) is 13.9. The summed E-state index contributed by atoms with van der Waals surface area (Å²) in [5.41, 5.74) is 8.24. The first kappa shape index (κ1) is 19.3. The van der Waals surface area contributed by atoms with Gasteiger partial charge in [-0.05, 0) is 36.2 Å². The monoisotopic (exact) mass is 428 g/mol. The molecule has 0 amide bonds. The fraction of sp³-hybridized carbons (Fsp3) is 0.0714. The van der Waals surface area contributed by atoms with Crippen LogP contribution in [-0.2, 0) is 6.42 Å². The van der Waals surface area contributed by atoms with Crippen LogP contribution in [-0.4, -0.2) is 25.9 Å². The van der Waals surface area contributed by atoms with Gasteiger partial charge in [0.2, 0.25) is 0 Å². The van der Waals surface area contributed by atoms with E-state index in [1.807, 2.05) is 79.7 Å². The Morgan fingerprint density at radius 2 is 1.55 bits per heavy atom. The summed E-state index contributed by atoms with van der Waals surface area (Å²) < 4.78 is 1.60. The molecule has 0 aliphatic carbocycles. The predicted octanol–water partition coefficient (Wildman–Crippen LogP) is 5.83. The van der Waals surface area contributed by atoms with Crippen LogP contribution in [0.5, 0.6) is 0 Å². The lowest BCUT2D eigenvalue weighted by Gasteiger charge is -2.20. The number of nitrogens with zero attached hydrogens (tertiary/aromatic N) is 4. The Morgan fingerprint density at radius 3 is 2.30 bits per heavy atom. The summed E-state index contributed by atoms with van der Waals surface area (Å²) in [7, 11) is 0. The van der Waals surface area contributed by atoms with Gasteiger partial charge in [0.1, 0.15) is 5.69 Å². The molecule has 1 aliphatic heterocycles. The second kappa shape index (κ2) is 7.64. The molecule has 6 rings (SSSR count). The van der Waals surface area contributed by atoms with Gasteiger partial charge in [-0.15, -0.1) is 0 Å². The summed E-state index contributed by atoms with van der Waals surface area (Å²) in [6.07, 6.45) is 2.32. The molecule has 0 radical (unpaired) electrons. The van der Waals surface area contributed by atoms with Crippen molar-refractivity contribution in [2.75, 3.05) is 0 Å². The van der Waals surface area contributed by atoms with Crippen LogP contribution < -0.4 is 0 Å². The van der Waals surface area contributed by atoms with Crippen LogP contribution in [0.15, 0.2) is 96.7 Å². The molecule has 0 atom stereocenters. The number of fused-ring (bicyclic) bond motifs is 2. The Labute approximate surface area is 191 Å². The Hall–Kier alpha value is -4.38. The van der Waals surface area contributed by atoms with Crippen molar-refractivity contribution in [1.29, 1.82) is 0 Å². The molecule has 33 heavy (non-hydrogen) atoms. The molecular weight excluding hydrogens is 408 g/mol. The molecular formula is C28H20N4O. The molecule has 158 valence electrons. The third kappa shape index (κ3) is 3.17. The maximum atomic E-state index is 13.8. The normalized spacial score (nSPS) is 13.4. The van der Waals surface area contributed by atoms with E-state index in [-0.39, 0.29) is 5.91 Å². The quantitative estimate of drug-likeness (QED) is 0.363. The first-order valence-corrected chi connectivity index (χ1v) is 10.9. The van der Waals surface area contributed by atoms with E-state index < -0.39 is 0 Å². The average Bonchev–Trinajstić information content (AvgIpc) is 3.24. The molecule has 2 aromatic heterocycles. The number of hydrogen-bond acceptors (Lipinski definition) is 4. The number of carbonyl (C=O) groups is 1. The summed E-state index contributed by atoms with van der Waals surface area (Å²) in [6.45, 7) is 2.04. The molecule has 1 aliphatic rings. The first-order valence-electron chi connectivity index (χ1n) is 10.9. The van der Waals surface area contributed by atoms with E-state index in [9.17, 15) is 4.79 Å². The molecule has 0 N–H and O–H groups in total. The van der Waals surface area contributed by atoms with Crippen LogP contribution in [0.25, 0.3) is 38.9 Å². The number of carbonyl (C=O) groups excluding carboxylic acids is 1. The van der Waals surface area contributed by atoms with Crippen LogP contribution in [0.3, 0.4) is 0 Å². The Balaban J connectivity index is 1.54. The van der Waals surface area contributed by atoms with E-state index in [0.717, 1.165) is 50.1 Å². The zero-order valence-electron chi connectivity index (χ0n) is 18.1. The zero-order chi connectivity index (χ0) is 22.4. The highest BCUT2D eigenvalue weighted by molar-refractivity contribution is 6.23. The lowest BCUT2D eigenvalue weighted by Crippen LogP contribution is -2.23. The summed E-state index contributed by atoms with van der Waals surface area (Å²) in [6, 6.07) is 28.0. The number of benzene rings is 3. The number of aromatic nitrogens is 4. The van der Waals surface area contributed by atoms with Crippen molar-refractivity contribution in [1.82, 2.24) is 20.0 Å².